The van der Waals surface area contributed by atoms with Crippen LogP contribution in [0.4, 0.5) is 0 Å². The lowest BCUT2D eigenvalue weighted by Crippen LogP contribution is -2.38. The van der Waals surface area contributed by atoms with Gasteiger partial charge in [-0.1, -0.05) is 24.3 Å². The molecule has 1 aromatic rings. The Kier molecular flexibility index (Phi) is 3.30. The van der Waals surface area contributed by atoms with E-state index >= 15 is 0 Å². The maximum Gasteiger partial charge on any atom is 0.195 e. The number of nitrogens with two attached hydrogens (primary N) is 2. The summed E-state index contributed by atoms with van der Waals surface area (Å²) in [6, 6.07) is 8.02. The highest BCUT2D eigenvalue weighted by Crippen LogP contribution is 2.22. The van der Waals surface area contributed by atoms with Crippen LogP contribution in [0, 0.1) is 0 Å². The SMILES string of the molecule is CNC1=CC(c2ccc(CN)cc2)N=C(N)N1. The lowest BCUT2D eigenvalue weighted by Gasteiger charge is -2.20. The van der Waals surface area contributed by atoms with Gasteiger partial charge in [0, 0.05) is 13.6 Å². The first kappa shape index (κ1) is 11.5. The predicted octanol–water partition coefficient (Wildman–Crippen LogP) is 0.165. The van der Waals surface area contributed by atoms with Gasteiger partial charge in [0.15, 0.2) is 5.96 Å². The van der Waals surface area contributed by atoms with Gasteiger partial charge in [0.1, 0.15) is 11.9 Å². The van der Waals surface area contributed by atoms with Crippen molar-refractivity contribution in [2.24, 2.45) is 16.5 Å². The molecule has 2 rings (SSSR count). The summed E-state index contributed by atoms with van der Waals surface area (Å²) in [5.74, 6) is 1.29. The first-order valence-corrected chi connectivity index (χ1v) is 5.51. The van der Waals surface area contributed by atoms with Crippen molar-refractivity contribution in [1.82, 2.24) is 10.6 Å². The van der Waals surface area contributed by atoms with E-state index in [0.717, 1.165) is 16.9 Å². The Morgan fingerprint density at radius 2 is 2.06 bits per heavy atom. The fraction of sp³-hybridized carbons (Fsp3) is 0.250. The van der Waals surface area contributed by atoms with Crippen molar-refractivity contribution >= 4 is 5.96 Å². The van der Waals surface area contributed by atoms with Gasteiger partial charge in [-0.25, -0.2) is 4.99 Å². The van der Waals surface area contributed by atoms with E-state index in [1.165, 1.54) is 0 Å². The van der Waals surface area contributed by atoms with Crippen LogP contribution in [0.1, 0.15) is 17.2 Å². The Hall–Kier alpha value is -2.01. The Morgan fingerprint density at radius 1 is 1.35 bits per heavy atom. The lowest BCUT2D eigenvalue weighted by atomic mass is 10.0. The summed E-state index contributed by atoms with van der Waals surface area (Å²) in [6.07, 6.45) is 1.99. The molecule has 90 valence electrons. The van der Waals surface area contributed by atoms with Crippen molar-refractivity contribution in [1.29, 1.82) is 0 Å². The van der Waals surface area contributed by atoms with Crippen LogP contribution < -0.4 is 22.1 Å². The zero-order valence-corrected chi connectivity index (χ0v) is 9.77. The number of rotatable bonds is 3. The fourth-order valence-corrected chi connectivity index (χ4v) is 1.72. The molecule has 1 heterocycles. The summed E-state index contributed by atoms with van der Waals surface area (Å²) in [5, 5.41) is 5.97. The van der Waals surface area contributed by atoms with Crippen molar-refractivity contribution in [3.05, 3.63) is 47.3 Å². The summed E-state index contributed by atoms with van der Waals surface area (Å²) in [5.41, 5.74) is 13.5. The van der Waals surface area contributed by atoms with E-state index in [1.807, 2.05) is 37.4 Å². The highest BCUT2D eigenvalue weighted by atomic mass is 15.2. The van der Waals surface area contributed by atoms with Gasteiger partial charge in [0.25, 0.3) is 0 Å². The second-order valence-corrected chi connectivity index (χ2v) is 3.86. The molecule has 0 radical (unpaired) electrons. The Bertz CT molecular complexity index is 446. The van der Waals surface area contributed by atoms with Crippen LogP contribution in [-0.4, -0.2) is 13.0 Å². The molecule has 0 amide bonds. The molecular formula is C12H17N5. The van der Waals surface area contributed by atoms with Crippen LogP contribution in [0.25, 0.3) is 0 Å². The molecule has 6 N–H and O–H groups in total. The molecule has 0 saturated carbocycles. The number of hydrogen-bond acceptors (Lipinski definition) is 5. The second kappa shape index (κ2) is 4.88. The van der Waals surface area contributed by atoms with Gasteiger partial charge in [0.05, 0.1) is 0 Å². The summed E-state index contributed by atoms with van der Waals surface area (Å²) in [6.45, 7) is 0.551. The summed E-state index contributed by atoms with van der Waals surface area (Å²) in [7, 11) is 1.84. The number of guanidine groups is 1. The van der Waals surface area contributed by atoms with Crippen molar-refractivity contribution in [2.45, 2.75) is 12.6 Å². The average Bonchev–Trinajstić information content (AvgIpc) is 2.38. The van der Waals surface area contributed by atoms with E-state index in [-0.39, 0.29) is 6.04 Å². The van der Waals surface area contributed by atoms with Crippen molar-refractivity contribution < 1.29 is 0 Å². The van der Waals surface area contributed by atoms with Crippen molar-refractivity contribution in [3.63, 3.8) is 0 Å². The molecule has 0 bridgehead atoms. The fourth-order valence-electron chi connectivity index (χ4n) is 1.72. The monoisotopic (exact) mass is 231 g/mol. The number of benzene rings is 1. The third kappa shape index (κ3) is 2.57. The van der Waals surface area contributed by atoms with E-state index in [1.54, 1.807) is 0 Å². The van der Waals surface area contributed by atoms with Crippen LogP contribution in [-0.2, 0) is 6.54 Å². The highest BCUT2D eigenvalue weighted by Gasteiger charge is 2.14. The first-order chi connectivity index (χ1) is 8.22. The molecule has 1 atom stereocenters. The molecule has 0 aliphatic carbocycles. The van der Waals surface area contributed by atoms with Gasteiger partial charge in [-0.2, -0.15) is 0 Å². The number of aliphatic imine (C=N–C) groups is 1. The summed E-state index contributed by atoms with van der Waals surface area (Å²) < 4.78 is 0. The molecule has 0 saturated heterocycles. The molecule has 0 fully saturated rings. The zero-order chi connectivity index (χ0) is 12.3. The molecule has 1 unspecified atom stereocenters. The third-order valence-corrected chi connectivity index (χ3v) is 2.69. The van der Waals surface area contributed by atoms with Gasteiger partial charge in [-0.3, -0.25) is 0 Å². The van der Waals surface area contributed by atoms with Crippen LogP contribution in [0.3, 0.4) is 0 Å². The van der Waals surface area contributed by atoms with Crippen molar-refractivity contribution in [2.75, 3.05) is 7.05 Å². The molecule has 5 nitrogen and oxygen atoms in total. The lowest BCUT2D eigenvalue weighted by molar-refractivity contribution is 0.780. The van der Waals surface area contributed by atoms with Crippen LogP contribution in [0.5, 0.6) is 0 Å². The number of hydrogen-bond donors (Lipinski definition) is 4. The van der Waals surface area contributed by atoms with Crippen LogP contribution in [0.2, 0.25) is 0 Å². The maximum absolute atomic E-state index is 5.72. The average molecular weight is 231 g/mol. The largest absolute Gasteiger partial charge is 0.375 e. The van der Waals surface area contributed by atoms with Gasteiger partial charge in [0.2, 0.25) is 0 Å². The molecule has 0 aromatic heterocycles. The van der Waals surface area contributed by atoms with Gasteiger partial charge >= 0.3 is 0 Å². The Morgan fingerprint density at radius 3 is 2.65 bits per heavy atom. The third-order valence-electron chi connectivity index (χ3n) is 2.69. The highest BCUT2D eigenvalue weighted by molar-refractivity contribution is 5.81. The number of nitrogens with one attached hydrogen (secondary N) is 2. The second-order valence-electron chi connectivity index (χ2n) is 3.86. The minimum Gasteiger partial charge on any atom is -0.375 e. The summed E-state index contributed by atoms with van der Waals surface area (Å²) >= 11 is 0. The minimum absolute atomic E-state index is 0.0504. The molecule has 1 aliphatic rings. The predicted molar refractivity (Wildman–Crippen MR) is 69.0 cm³/mol. The zero-order valence-electron chi connectivity index (χ0n) is 9.77. The quantitative estimate of drug-likeness (QED) is 0.597. The first-order valence-electron chi connectivity index (χ1n) is 5.51. The molecule has 5 heteroatoms. The van der Waals surface area contributed by atoms with E-state index in [4.69, 9.17) is 11.5 Å². The molecule has 0 spiro atoms. The smallest absolute Gasteiger partial charge is 0.195 e. The molecule has 1 aliphatic heterocycles. The van der Waals surface area contributed by atoms with E-state index in [9.17, 15) is 0 Å². The minimum atomic E-state index is -0.0504. The molecular weight excluding hydrogens is 214 g/mol. The molecule has 17 heavy (non-hydrogen) atoms. The van der Waals surface area contributed by atoms with Crippen LogP contribution in [0.15, 0.2) is 41.2 Å². The Labute approximate surface area is 101 Å². The number of nitrogens with zero attached hydrogens (tertiary/aromatic N) is 1. The summed E-state index contributed by atoms with van der Waals surface area (Å²) in [4.78, 5) is 4.34. The normalized spacial score (nSPS) is 19.1. The van der Waals surface area contributed by atoms with Crippen molar-refractivity contribution in [3.8, 4) is 0 Å². The van der Waals surface area contributed by atoms with Gasteiger partial charge in [-0.05, 0) is 17.2 Å². The van der Waals surface area contributed by atoms with E-state index in [0.29, 0.717) is 12.5 Å². The topological polar surface area (TPSA) is 88.5 Å². The standard InChI is InChI=1S/C12H17N5/c1-15-11-6-10(16-12(14)17-11)9-4-2-8(7-13)3-5-9/h2-6,10,15H,7,13H2,1H3,(H3,14,16,17). The van der Waals surface area contributed by atoms with Gasteiger partial charge < -0.3 is 22.1 Å². The van der Waals surface area contributed by atoms with Gasteiger partial charge in [-0.15, -0.1) is 0 Å². The molecule has 1 aromatic carbocycles. The van der Waals surface area contributed by atoms with E-state index in [2.05, 4.69) is 15.6 Å². The maximum atomic E-state index is 5.72. The Balaban J connectivity index is 2.25. The van der Waals surface area contributed by atoms with E-state index < -0.39 is 0 Å². The van der Waals surface area contributed by atoms with Crippen LogP contribution >= 0.6 is 0 Å².